The SMILES string of the molecule is CCc1ccc2ccc3c(-c4cccc(-c5cccc(-c6nc(-c7ccccc7)nc(-c7ccccc7)n6)c5)c4)cc(CC)nc3c2n1. The molecule has 48 heavy (non-hydrogen) atoms. The molecule has 8 rings (SSSR count). The van der Waals surface area contributed by atoms with Crippen LogP contribution in [0.5, 0.6) is 0 Å². The van der Waals surface area contributed by atoms with Gasteiger partial charge in [0.25, 0.3) is 0 Å². The van der Waals surface area contributed by atoms with Crippen LogP contribution in [0.4, 0.5) is 0 Å². The Labute approximate surface area is 280 Å². The van der Waals surface area contributed by atoms with Gasteiger partial charge in [-0.15, -0.1) is 0 Å². The maximum Gasteiger partial charge on any atom is 0.164 e. The molecular formula is C43H33N5. The lowest BCUT2D eigenvalue weighted by atomic mass is 9.94. The second kappa shape index (κ2) is 12.6. The Bertz CT molecular complexity index is 2360. The van der Waals surface area contributed by atoms with Gasteiger partial charge in [-0.1, -0.05) is 129 Å². The summed E-state index contributed by atoms with van der Waals surface area (Å²) in [5.41, 5.74) is 11.4. The third kappa shape index (κ3) is 5.60. The molecule has 5 nitrogen and oxygen atoms in total. The fourth-order valence-electron chi connectivity index (χ4n) is 6.22. The second-order valence-corrected chi connectivity index (χ2v) is 11.9. The highest BCUT2D eigenvalue weighted by Gasteiger charge is 2.15. The molecule has 0 amide bonds. The number of nitrogens with zero attached hydrogens (tertiary/aromatic N) is 5. The van der Waals surface area contributed by atoms with Crippen molar-refractivity contribution >= 4 is 21.8 Å². The summed E-state index contributed by atoms with van der Waals surface area (Å²) in [6, 6.07) is 48.2. The van der Waals surface area contributed by atoms with Gasteiger partial charge in [0, 0.05) is 38.9 Å². The summed E-state index contributed by atoms with van der Waals surface area (Å²) in [6.07, 6.45) is 1.73. The summed E-state index contributed by atoms with van der Waals surface area (Å²) in [5.74, 6) is 1.94. The van der Waals surface area contributed by atoms with Crippen molar-refractivity contribution in [1.82, 2.24) is 24.9 Å². The highest BCUT2D eigenvalue weighted by atomic mass is 15.0. The summed E-state index contributed by atoms with van der Waals surface area (Å²) < 4.78 is 0. The molecule has 0 bridgehead atoms. The molecule has 5 aromatic carbocycles. The van der Waals surface area contributed by atoms with Crippen LogP contribution in [0.25, 0.3) is 78.2 Å². The van der Waals surface area contributed by atoms with Crippen LogP contribution in [0.3, 0.4) is 0 Å². The van der Waals surface area contributed by atoms with Crippen molar-refractivity contribution in [1.29, 1.82) is 0 Å². The Balaban J connectivity index is 1.24. The molecule has 0 saturated heterocycles. The van der Waals surface area contributed by atoms with Gasteiger partial charge in [0.05, 0.1) is 11.0 Å². The van der Waals surface area contributed by atoms with E-state index in [1.165, 1.54) is 0 Å². The predicted octanol–water partition coefficient (Wildman–Crippen LogP) is 10.4. The molecule has 0 unspecified atom stereocenters. The van der Waals surface area contributed by atoms with Crippen molar-refractivity contribution in [2.75, 3.05) is 0 Å². The minimum atomic E-state index is 0.638. The lowest BCUT2D eigenvalue weighted by molar-refractivity contribution is 1.05. The smallest absolute Gasteiger partial charge is 0.164 e. The van der Waals surface area contributed by atoms with Crippen LogP contribution in [0.2, 0.25) is 0 Å². The van der Waals surface area contributed by atoms with Gasteiger partial charge in [0.15, 0.2) is 17.5 Å². The number of pyridine rings is 2. The zero-order valence-corrected chi connectivity index (χ0v) is 26.9. The van der Waals surface area contributed by atoms with E-state index in [2.05, 4.69) is 92.7 Å². The molecule has 0 atom stereocenters. The van der Waals surface area contributed by atoms with Crippen molar-refractivity contribution in [2.45, 2.75) is 26.7 Å². The van der Waals surface area contributed by atoms with E-state index in [0.29, 0.717) is 17.5 Å². The molecule has 3 heterocycles. The fourth-order valence-corrected chi connectivity index (χ4v) is 6.22. The van der Waals surface area contributed by atoms with Gasteiger partial charge in [0.1, 0.15) is 0 Å². The van der Waals surface area contributed by atoms with Gasteiger partial charge in [-0.2, -0.15) is 0 Å². The molecular weight excluding hydrogens is 587 g/mol. The molecule has 0 spiro atoms. The van der Waals surface area contributed by atoms with Crippen molar-refractivity contribution < 1.29 is 0 Å². The Morgan fingerprint density at radius 3 is 1.50 bits per heavy atom. The molecule has 0 radical (unpaired) electrons. The molecule has 230 valence electrons. The fraction of sp³-hybridized carbons (Fsp3) is 0.0930. The first-order valence-electron chi connectivity index (χ1n) is 16.5. The van der Waals surface area contributed by atoms with Gasteiger partial charge in [-0.3, -0.25) is 9.97 Å². The molecule has 0 aliphatic heterocycles. The van der Waals surface area contributed by atoms with E-state index in [1.54, 1.807) is 0 Å². The molecule has 3 aromatic heterocycles. The first kappa shape index (κ1) is 29.3. The van der Waals surface area contributed by atoms with Crippen LogP contribution in [-0.2, 0) is 12.8 Å². The van der Waals surface area contributed by atoms with Crippen molar-refractivity contribution in [2.24, 2.45) is 0 Å². The molecule has 0 N–H and O–H groups in total. The zero-order valence-electron chi connectivity index (χ0n) is 26.9. The Morgan fingerprint density at radius 1 is 0.375 bits per heavy atom. The number of rotatable bonds is 7. The molecule has 0 aliphatic carbocycles. The average molecular weight is 620 g/mol. The van der Waals surface area contributed by atoms with Gasteiger partial charge in [-0.25, -0.2) is 15.0 Å². The first-order chi connectivity index (χ1) is 23.7. The Kier molecular flexibility index (Phi) is 7.71. The van der Waals surface area contributed by atoms with Crippen LogP contribution < -0.4 is 0 Å². The van der Waals surface area contributed by atoms with E-state index in [4.69, 9.17) is 24.9 Å². The number of benzene rings is 5. The second-order valence-electron chi connectivity index (χ2n) is 11.9. The maximum absolute atomic E-state index is 5.09. The monoisotopic (exact) mass is 619 g/mol. The lowest BCUT2D eigenvalue weighted by Gasteiger charge is -2.13. The highest BCUT2D eigenvalue weighted by Crippen LogP contribution is 2.35. The summed E-state index contributed by atoms with van der Waals surface area (Å²) >= 11 is 0. The third-order valence-corrected chi connectivity index (χ3v) is 8.80. The Hall–Kier alpha value is -6.07. The van der Waals surface area contributed by atoms with Crippen molar-refractivity contribution in [3.8, 4) is 56.4 Å². The van der Waals surface area contributed by atoms with E-state index >= 15 is 0 Å². The number of hydrogen-bond acceptors (Lipinski definition) is 5. The van der Waals surface area contributed by atoms with Gasteiger partial charge >= 0.3 is 0 Å². The Morgan fingerprint density at radius 2 is 0.875 bits per heavy atom. The number of aryl methyl sites for hydroxylation is 2. The van der Waals surface area contributed by atoms with E-state index in [9.17, 15) is 0 Å². The van der Waals surface area contributed by atoms with Crippen LogP contribution in [0.1, 0.15) is 25.2 Å². The minimum Gasteiger partial charge on any atom is -0.251 e. The molecule has 0 fully saturated rings. The average Bonchev–Trinajstić information content (AvgIpc) is 3.17. The van der Waals surface area contributed by atoms with Crippen LogP contribution in [0, 0.1) is 0 Å². The maximum atomic E-state index is 5.09. The molecule has 0 saturated carbocycles. The topological polar surface area (TPSA) is 64.5 Å². The predicted molar refractivity (Wildman–Crippen MR) is 196 cm³/mol. The van der Waals surface area contributed by atoms with Gasteiger partial charge in [0.2, 0.25) is 0 Å². The van der Waals surface area contributed by atoms with Crippen LogP contribution >= 0.6 is 0 Å². The van der Waals surface area contributed by atoms with Gasteiger partial charge < -0.3 is 0 Å². The zero-order chi connectivity index (χ0) is 32.5. The largest absolute Gasteiger partial charge is 0.251 e. The highest BCUT2D eigenvalue weighted by molar-refractivity contribution is 6.08. The number of hydrogen-bond donors (Lipinski definition) is 0. The standard InChI is InChI=1S/C43H33N5/c1-3-35-23-21-28-22-24-37-38(27-36(4-2)45-40(37)39(28)44-35)33-19-11-17-31(25-33)32-18-12-20-34(26-32)43-47-41(29-13-7-5-8-14-29)46-42(48-43)30-15-9-6-10-16-30/h5-27H,3-4H2,1-2H3. The van der Waals surface area contributed by atoms with E-state index in [1.807, 2.05) is 60.7 Å². The summed E-state index contributed by atoms with van der Waals surface area (Å²) in [6.45, 7) is 4.30. The van der Waals surface area contributed by atoms with E-state index in [0.717, 1.165) is 85.0 Å². The van der Waals surface area contributed by atoms with Crippen LogP contribution in [-0.4, -0.2) is 24.9 Å². The quantitative estimate of drug-likeness (QED) is 0.166. The van der Waals surface area contributed by atoms with Crippen LogP contribution in [0.15, 0.2) is 140 Å². The van der Waals surface area contributed by atoms with E-state index in [-0.39, 0.29) is 0 Å². The molecule has 8 aromatic rings. The van der Waals surface area contributed by atoms with Crippen molar-refractivity contribution in [3.05, 3.63) is 151 Å². The summed E-state index contributed by atoms with van der Waals surface area (Å²) in [4.78, 5) is 24.9. The van der Waals surface area contributed by atoms with Gasteiger partial charge in [-0.05, 0) is 59.4 Å². The summed E-state index contributed by atoms with van der Waals surface area (Å²) in [7, 11) is 0. The summed E-state index contributed by atoms with van der Waals surface area (Å²) in [5, 5.41) is 2.22. The minimum absolute atomic E-state index is 0.638. The number of aromatic nitrogens is 5. The van der Waals surface area contributed by atoms with E-state index < -0.39 is 0 Å². The molecule has 5 heteroatoms. The lowest BCUT2D eigenvalue weighted by Crippen LogP contribution is -2.00. The third-order valence-electron chi connectivity index (χ3n) is 8.80. The normalized spacial score (nSPS) is 11.3. The molecule has 0 aliphatic rings. The first-order valence-corrected chi connectivity index (χ1v) is 16.5. The number of fused-ring (bicyclic) bond motifs is 3. The van der Waals surface area contributed by atoms with Crippen molar-refractivity contribution in [3.63, 3.8) is 0 Å².